The Hall–Kier alpha value is -1.11. The van der Waals surface area contributed by atoms with Gasteiger partial charge in [-0.15, -0.1) is 0 Å². The summed E-state index contributed by atoms with van der Waals surface area (Å²) >= 11 is 0. The summed E-state index contributed by atoms with van der Waals surface area (Å²) in [5.41, 5.74) is 1.67. The molecule has 110 valence electrons. The van der Waals surface area contributed by atoms with Crippen molar-refractivity contribution in [3.8, 4) is 0 Å². The molecule has 5 nitrogen and oxygen atoms in total. The predicted octanol–water partition coefficient (Wildman–Crippen LogP) is 0.478. The molecule has 0 amide bonds. The first-order valence-corrected chi connectivity index (χ1v) is 8.72. The van der Waals surface area contributed by atoms with Crippen LogP contribution in [0.5, 0.6) is 0 Å². The van der Waals surface area contributed by atoms with Crippen molar-refractivity contribution < 1.29 is 18.6 Å². The summed E-state index contributed by atoms with van der Waals surface area (Å²) in [6.07, 6.45) is 0.0528. The molecule has 0 bridgehead atoms. The molecule has 0 spiro atoms. The van der Waals surface area contributed by atoms with E-state index >= 15 is 0 Å². The molecule has 3 rings (SSSR count). The SMILES string of the molecule is O=S1(=O)CC(O)C(N2CCCC(O)c3ccccc32)C1. The normalized spacial score (nSPS) is 32.7. The summed E-state index contributed by atoms with van der Waals surface area (Å²) in [5.74, 6) is -0.183. The van der Waals surface area contributed by atoms with Gasteiger partial charge in [-0.25, -0.2) is 8.42 Å². The molecule has 2 aliphatic rings. The minimum Gasteiger partial charge on any atom is -0.390 e. The zero-order valence-corrected chi connectivity index (χ0v) is 12.0. The van der Waals surface area contributed by atoms with Crippen LogP contribution in [0, 0.1) is 0 Å². The van der Waals surface area contributed by atoms with Crippen LogP contribution in [0.4, 0.5) is 5.69 Å². The number of anilines is 1. The van der Waals surface area contributed by atoms with E-state index < -0.39 is 28.1 Å². The maximum atomic E-state index is 11.7. The lowest BCUT2D eigenvalue weighted by atomic mass is 10.0. The lowest BCUT2D eigenvalue weighted by Crippen LogP contribution is -2.43. The van der Waals surface area contributed by atoms with E-state index in [0.29, 0.717) is 13.0 Å². The molecule has 1 fully saturated rings. The van der Waals surface area contributed by atoms with Crippen LogP contribution in [-0.4, -0.2) is 48.8 Å². The Morgan fingerprint density at radius 2 is 1.90 bits per heavy atom. The van der Waals surface area contributed by atoms with E-state index in [9.17, 15) is 18.6 Å². The number of sulfone groups is 1. The topological polar surface area (TPSA) is 77.8 Å². The highest BCUT2D eigenvalue weighted by molar-refractivity contribution is 7.91. The van der Waals surface area contributed by atoms with E-state index in [1.165, 1.54) is 0 Å². The number of fused-ring (bicyclic) bond motifs is 1. The minimum atomic E-state index is -3.18. The third-order valence-corrected chi connectivity index (χ3v) is 5.87. The van der Waals surface area contributed by atoms with Crippen LogP contribution in [0.25, 0.3) is 0 Å². The summed E-state index contributed by atoms with van der Waals surface area (Å²) < 4.78 is 23.4. The number of nitrogens with zero attached hydrogens (tertiary/aromatic N) is 1. The van der Waals surface area contributed by atoms with Crippen LogP contribution in [-0.2, 0) is 9.84 Å². The van der Waals surface area contributed by atoms with Gasteiger partial charge in [-0.05, 0) is 18.9 Å². The highest BCUT2D eigenvalue weighted by atomic mass is 32.2. The Morgan fingerprint density at radius 3 is 2.60 bits per heavy atom. The largest absolute Gasteiger partial charge is 0.390 e. The molecular formula is C14H19NO4S. The number of hydrogen-bond acceptors (Lipinski definition) is 5. The van der Waals surface area contributed by atoms with Crippen LogP contribution < -0.4 is 4.90 Å². The molecule has 0 aliphatic carbocycles. The van der Waals surface area contributed by atoms with E-state index in [4.69, 9.17) is 0 Å². The highest BCUT2D eigenvalue weighted by Crippen LogP contribution is 2.35. The Balaban J connectivity index is 2.00. The van der Waals surface area contributed by atoms with E-state index in [2.05, 4.69) is 0 Å². The molecular weight excluding hydrogens is 278 g/mol. The Labute approximate surface area is 118 Å². The molecule has 0 aromatic heterocycles. The van der Waals surface area contributed by atoms with E-state index in [1.54, 1.807) is 0 Å². The van der Waals surface area contributed by atoms with Gasteiger partial charge in [-0.2, -0.15) is 0 Å². The van der Waals surface area contributed by atoms with Gasteiger partial charge in [0.1, 0.15) is 0 Å². The minimum absolute atomic E-state index is 0.0153. The third-order valence-electron chi connectivity index (χ3n) is 4.18. The second-order valence-corrected chi connectivity index (χ2v) is 7.78. The van der Waals surface area contributed by atoms with Crippen molar-refractivity contribution in [1.29, 1.82) is 0 Å². The third kappa shape index (κ3) is 2.43. The number of benzene rings is 1. The first-order valence-electron chi connectivity index (χ1n) is 6.90. The van der Waals surface area contributed by atoms with Gasteiger partial charge in [-0.1, -0.05) is 18.2 Å². The van der Waals surface area contributed by atoms with Crippen molar-refractivity contribution in [2.45, 2.75) is 31.1 Å². The molecule has 1 aromatic rings. The number of rotatable bonds is 1. The zero-order valence-electron chi connectivity index (χ0n) is 11.1. The van der Waals surface area contributed by atoms with Crippen molar-refractivity contribution in [3.05, 3.63) is 29.8 Å². The van der Waals surface area contributed by atoms with Crippen LogP contribution in [0.1, 0.15) is 24.5 Å². The average molecular weight is 297 g/mol. The maximum Gasteiger partial charge on any atom is 0.155 e. The van der Waals surface area contributed by atoms with Crippen LogP contribution >= 0.6 is 0 Å². The molecule has 2 N–H and O–H groups in total. The van der Waals surface area contributed by atoms with Gasteiger partial charge in [0.15, 0.2) is 9.84 Å². The zero-order chi connectivity index (χ0) is 14.3. The fraction of sp³-hybridized carbons (Fsp3) is 0.571. The fourth-order valence-corrected chi connectivity index (χ4v) is 5.02. The van der Waals surface area contributed by atoms with Gasteiger partial charge in [0.25, 0.3) is 0 Å². The maximum absolute atomic E-state index is 11.7. The van der Waals surface area contributed by atoms with Crippen molar-refractivity contribution in [2.24, 2.45) is 0 Å². The summed E-state index contributed by atoms with van der Waals surface area (Å²) in [7, 11) is -3.18. The number of hydrogen-bond donors (Lipinski definition) is 2. The quantitative estimate of drug-likeness (QED) is 0.788. The Kier molecular flexibility index (Phi) is 3.48. The van der Waals surface area contributed by atoms with Gasteiger partial charge >= 0.3 is 0 Å². The van der Waals surface area contributed by atoms with Crippen molar-refractivity contribution in [2.75, 3.05) is 23.0 Å². The molecule has 20 heavy (non-hydrogen) atoms. The summed E-state index contributed by atoms with van der Waals surface area (Å²) in [6.45, 7) is 0.658. The predicted molar refractivity (Wildman–Crippen MR) is 76.4 cm³/mol. The monoisotopic (exact) mass is 297 g/mol. The smallest absolute Gasteiger partial charge is 0.155 e. The van der Waals surface area contributed by atoms with Gasteiger partial charge in [0.2, 0.25) is 0 Å². The van der Waals surface area contributed by atoms with Crippen LogP contribution in [0.3, 0.4) is 0 Å². The van der Waals surface area contributed by atoms with Gasteiger partial charge < -0.3 is 15.1 Å². The molecule has 6 heteroatoms. The molecule has 0 radical (unpaired) electrons. The molecule has 1 saturated heterocycles. The number of para-hydroxylation sites is 1. The standard InChI is InChI=1S/C14H19NO4S/c16-13-6-3-7-15(11-5-2-1-4-10(11)13)12-8-20(18,19)9-14(12)17/h1-2,4-5,12-14,16-17H,3,6-9H2. The summed E-state index contributed by atoms with van der Waals surface area (Å²) in [4.78, 5) is 1.96. The van der Waals surface area contributed by atoms with Crippen LogP contribution in [0.15, 0.2) is 24.3 Å². The Bertz CT molecular complexity index is 601. The average Bonchev–Trinajstić information content (AvgIpc) is 2.57. The van der Waals surface area contributed by atoms with Gasteiger partial charge in [0.05, 0.1) is 29.8 Å². The lowest BCUT2D eigenvalue weighted by molar-refractivity contribution is 0.168. The molecule has 3 unspecified atom stereocenters. The number of aliphatic hydroxyl groups excluding tert-OH is 2. The van der Waals surface area contributed by atoms with E-state index in [0.717, 1.165) is 17.7 Å². The fourth-order valence-electron chi connectivity index (χ4n) is 3.21. The summed E-state index contributed by atoms with van der Waals surface area (Å²) in [5, 5.41) is 20.2. The molecule has 2 aliphatic heterocycles. The molecule has 1 aromatic carbocycles. The van der Waals surface area contributed by atoms with Crippen molar-refractivity contribution in [3.63, 3.8) is 0 Å². The van der Waals surface area contributed by atoms with Crippen LogP contribution in [0.2, 0.25) is 0 Å². The first kappa shape index (κ1) is 13.9. The number of aliphatic hydroxyl groups is 2. The second-order valence-electron chi connectivity index (χ2n) is 5.62. The molecule has 0 saturated carbocycles. The molecule has 3 atom stereocenters. The first-order chi connectivity index (χ1) is 9.48. The Morgan fingerprint density at radius 1 is 1.15 bits per heavy atom. The van der Waals surface area contributed by atoms with E-state index in [1.807, 2.05) is 29.2 Å². The van der Waals surface area contributed by atoms with Gasteiger partial charge in [-0.3, -0.25) is 0 Å². The van der Waals surface area contributed by atoms with Crippen molar-refractivity contribution in [1.82, 2.24) is 0 Å². The molecule has 2 heterocycles. The lowest BCUT2D eigenvalue weighted by Gasteiger charge is -2.32. The summed E-state index contributed by atoms with van der Waals surface area (Å²) in [6, 6.07) is 7.09. The highest BCUT2D eigenvalue weighted by Gasteiger charge is 2.41. The van der Waals surface area contributed by atoms with Crippen molar-refractivity contribution >= 4 is 15.5 Å². The van der Waals surface area contributed by atoms with Gasteiger partial charge in [0, 0.05) is 17.8 Å². The van der Waals surface area contributed by atoms with E-state index in [-0.39, 0.29) is 11.5 Å². The second kappa shape index (κ2) is 5.02.